The summed E-state index contributed by atoms with van der Waals surface area (Å²) in [6.07, 6.45) is 3.98. The highest BCUT2D eigenvalue weighted by atomic mass is 35.5. The number of carbonyl (C=O) groups excluding carboxylic acids is 1. The Labute approximate surface area is 155 Å². The quantitative estimate of drug-likeness (QED) is 0.812. The van der Waals surface area contributed by atoms with Crippen molar-refractivity contribution in [2.24, 2.45) is 5.92 Å². The molecule has 2 aliphatic rings. The Hall–Kier alpha value is -1.30. The summed E-state index contributed by atoms with van der Waals surface area (Å²) in [5.74, 6) is 1.31. The van der Waals surface area contributed by atoms with Crippen molar-refractivity contribution >= 4 is 17.5 Å². The molecule has 5 nitrogen and oxygen atoms in total. The summed E-state index contributed by atoms with van der Waals surface area (Å²) < 4.78 is 5.76. The molecule has 1 amide bonds. The molecule has 25 heavy (non-hydrogen) atoms. The van der Waals surface area contributed by atoms with E-state index >= 15 is 0 Å². The second-order valence-electron chi connectivity index (χ2n) is 6.95. The van der Waals surface area contributed by atoms with Crippen LogP contribution in [0.1, 0.15) is 25.7 Å². The van der Waals surface area contributed by atoms with Crippen LogP contribution >= 0.6 is 11.6 Å². The van der Waals surface area contributed by atoms with Gasteiger partial charge in [0.15, 0.2) is 0 Å². The van der Waals surface area contributed by atoms with E-state index in [1.54, 1.807) is 0 Å². The van der Waals surface area contributed by atoms with E-state index in [9.17, 15) is 4.79 Å². The molecule has 2 aliphatic heterocycles. The van der Waals surface area contributed by atoms with Crippen LogP contribution in [0.5, 0.6) is 5.75 Å². The topological polar surface area (TPSA) is 53.6 Å². The first kappa shape index (κ1) is 18.5. The minimum Gasteiger partial charge on any atom is -0.492 e. The second-order valence-corrected chi connectivity index (χ2v) is 7.39. The molecule has 2 heterocycles. The van der Waals surface area contributed by atoms with E-state index in [1.165, 1.54) is 0 Å². The molecular weight excluding hydrogens is 338 g/mol. The van der Waals surface area contributed by atoms with Gasteiger partial charge in [0.05, 0.1) is 0 Å². The fourth-order valence-electron chi connectivity index (χ4n) is 3.53. The van der Waals surface area contributed by atoms with Gasteiger partial charge in [0, 0.05) is 36.6 Å². The van der Waals surface area contributed by atoms with Gasteiger partial charge in [-0.25, -0.2) is 0 Å². The molecule has 0 atom stereocenters. The number of halogens is 1. The molecule has 2 N–H and O–H groups in total. The van der Waals surface area contributed by atoms with Crippen LogP contribution in [0.2, 0.25) is 5.02 Å². The monoisotopic (exact) mass is 365 g/mol. The van der Waals surface area contributed by atoms with E-state index in [0.717, 1.165) is 69.2 Å². The van der Waals surface area contributed by atoms with E-state index in [2.05, 4.69) is 15.5 Å². The van der Waals surface area contributed by atoms with Gasteiger partial charge in [-0.2, -0.15) is 0 Å². The molecule has 0 bridgehead atoms. The predicted octanol–water partition coefficient (Wildman–Crippen LogP) is 2.30. The van der Waals surface area contributed by atoms with Crippen molar-refractivity contribution in [1.82, 2.24) is 15.5 Å². The summed E-state index contributed by atoms with van der Waals surface area (Å²) in [5, 5.41) is 7.29. The minimum absolute atomic E-state index is 0.201. The Morgan fingerprint density at radius 1 is 1.16 bits per heavy atom. The van der Waals surface area contributed by atoms with E-state index in [-0.39, 0.29) is 11.8 Å². The predicted molar refractivity (Wildman–Crippen MR) is 100 cm³/mol. The van der Waals surface area contributed by atoms with Gasteiger partial charge in [0.1, 0.15) is 12.4 Å². The van der Waals surface area contributed by atoms with Gasteiger partial charge in [-0.3, -0.25) is 9.69 Å². The van der Waals surface area contributed by atoms with Gasteiger partial charge in [-0.1, -0.05) is 11.6 Å². The van der Waals surface area contributed by atoms with Crippen molar-refractivity contribution in [1.29, 1.82) is 0 Å². The normalized spacial score (nSPS) is 20.4. The van der Waals surface area contributed by atoms with Crippen LogP contribution in [0.4, 0.5) is 0 Å². The largest absolute Gasteiger partial charge is 0.492 e. The number of nitrogens with one attached hydrogen (secondary N) is 2. The van der Waals surface area contributed by atoms with Gasteiger partial charge in [0.25, 0.3) is 0 Å². The average Bonchev–Trinajstić information content (AvgIpc) is 2.65. The first-order valence-electron chi connectivity index (χ1n) is 9.32. The minimum atomic E-state index is 0.201. The van der Waals surface area contributed by atoms with E-state index < -0.39 is 0 Å². The molecule has 0 saturated carbocycles. The zero-order chi connectivity index (χ0) is 17.5. The van der Waals surface area contributed by atoms with Gasteiger partial charge < -0.3 is 15.4 Å². The molecule has 0 radical (unpaired) electrons. The zero-order valence-corrected chi connectivity index (χ0v) is 15.4. The van der Waals surface area contributed by atoms with Crippen molar-refractivity contribution < 1.29 is 9.53 Å². The Morgan fingerprint density at radius 2 is 1.84 bits per heavy atom. The number of likely N-dealkylation sites (tertiary alicyclic amines) is 1. The third-order valence-corrected chi connectivity index (χ3v) is 5.39. The lowest BCUT2D eigenvalue weighted by molar-refractivity contribution is -0.126. The molecule has 0 aromatic heterocycles. The maximum atomic E-state index is 12.3. The molecule has 138 valence electrons. The summed E-state index contributed by atoms with van der Waals surface area (Å²) >= 11 is 5.87. The highest BCUT2D eigenvalue weighted by Crippen LogP contribution is 2.17. The van der Waals surface area contributed by atoms with Crippen molar-refractivity contribution in [2.75, 3.05) is 39.3 Å². The van der Waals surface area contributed by atoms with Crippen LogP contribution < -0.4 is 15.4 Å². The van der Waals surface area contributed by atoms with Crippen molar-refractivity contribution in [2.45, 2.75) is 31.7 Å². The number of hydrogen-bond donors (Lipinski definition) is 2. The van der Waals surface area contributed by atoms with Gasteiger partial charge >= 0.3 is 0 Å². The lowest BCUT2D eigenvalue weighted by Gasteiger charge is -2.33. The fraction of sp³-hybridized carbons (Fsp3) is 0.632. The first-order valence-corrected chi connectivity index (χ1v) is 9.70. The summed E-state index contributed by atoms with van der Waals surface area (Å²) in [6, 6.07) is 7.80. The molecule has 1 aromatic rings. The van der Waals surface area contributed by atoms with Crippen molar-refractivity contribution in [3.05, 3.63) is 29.3 Å². The van der Waals surface area contributed by atoms with Gasteiger partial charge in [0.2, 0.25) is 5.91 Å². The third kappa shape index (κ3) is 5.87. The van der Waals surface area contributed by atoms with Crippen molar-refractivity contribution in [3.8, 4) is 5.75 Å². The Bertz CT molecular complexity index is 538. The lowest BCUT2D eigenvalue weighted by Crippen LogP contribution is -2.48. The number of ether oxygens (including phenoxy) is 1. The fourth-order valence-corrected chi connectivity index (χ4v) is 3.65. The molecule has 1 aromatic carbocycles. The molecule has 2 saturated heterocycles. The molecule has 0 aliphatic carbocycles. The number of hydrogen-bond acceptors (Lipinski definition) is 4. The highest BCUT2D eigenvalue weighted by molar-refractivity contribution is 6.30. The average molecular weight is 366 g/mol. The van der Waals surface area contributed by atoms with Crippen LogP contribution in [-0.4, -0.2) is 56.2 Å². The molecule has 0 unspecified atom stereocenters. The van der Waals surface area contributed by atoms with Crippen LogP contribution in [-0.2, 0) is 4.79 Å². The number of amides is 1. The summed E-state index contributed by atoms with van der Waals surface area (Å²) in [4.78, 5) is 14.7. The number of piperidine rings is 2. The van der Waals surface area contributed by atoms with E-state index in [4.69, 9.17) is 16.3 Å². The summed E-state index contributed by atoms with van der Waals surface area (Å²) in [6.45, 7) is 5.54. The summed E-state index contributed by atoms with van der Waals surface area (Å²) in [7, 11) is 0. The number of benzene rings is 1. The molecular formula is C19H28ClN3O2. The van der Waals surface area contributed by atoms with Gasteiger partial charge in [-0.05, 0) is 63.0 Å². The lowest BCUT2D eigenvalue weighted by atomic mass is 9.96. The first-order chi connectivity index (χ1) is 12.2. The Morgan fingerprint density at radius 3 is 2.52 bits per heavy atom. The Kier molecular flexibility index (Phi) is 6.96. The SMILES string of the molecule is O=C(NC1CCN(CCOc2ccc(Cl)cc2)CC1)C1CCNCC1. The number of rotatable bonds is 6. The number of carbonyl (C=O) groups is 1. The number of nitrogens with zero attached hydrogens (tertiary/aromatic N) is 1. The third-order valence-electron chi connectivity index (χ3n) is 5.13. The molecule has 0 spiro atoms. The smallest absolute Gasteiger partial charge is 0.223 e. The maximum absolute atomic E-state index is 12.3. The second kappa shape index (κ2) is 9.41. The van der Waals surface area contributed by atoms with Crippen LogP contribution in [0.3, 0.4) is 0 Å². The zero-order valence-electron chi connectivity index (χ0n) is 14.7. The van der Waals surface area contributed by atoms with Gasteiger partial charge in [-0.15, -0.1) is 0 Å². The highest BCUT2D eigenvalue weighted by Gasteiger charge is 2.25. The summed E-state index contributed by atoms with van der Waals surface area (Å²) in [5.41, 5.74) is 0. The molecule has 3 rings (SSSR count). The van der Waals surface area contributed by atoms with Crippen molar-refractivity contribution in [3.63, 3.8) is 0 Å². The van der Waals surface area contributed by atoms with Crippen LogP contribution in [0.15, 0.2) is 24.3 Å². The van der Waals surface area contributed by atoms with E-state index in [0.29, 0.717) is 12.6 Å². The van der Waals surface area contributed by atoms with Crippen LogP contribution in [0, 0.1) is 5.92 Å². The van der Waals surface area contributed by atoms with Crippen LogP contribution in [0.25, 0.3) is 0 Å². The molecule has 6 heteroatoms. The Balaban J connectivity index is 1.31. The molecule has 2 fully saturated rings. The standard InChI is InChI=1S/C19H28ClN3O2/c20-16-1-3-18(4-2-16)25-14-13-23-11-7-17(8-12-23)22-19(24)15-5-9-21-10-6-15/h1-4,15,17,21H,5-14H2,(H,22,24). The maximum Gasteiger partial charge on any atom is 0.223 e. The van der Waals surface area contributed by atoms with E-state index in [1.807, 2.05) is 24.3 Å².